The van der Waals surface area contributed by atoms with Crippen molar-refractivity contribution in [3.05, 3.63) is 35.9 Å². The van der Waals surface area contributed by atoms with Gasteiger partial charge in [0, 0.05) is 6.54 Å². The van der Waals surface area contributed by atoms with E-state index in [9.17, 15) is 0 Å². The van der Waals surface area contributed by atoms with Crippen LogP contribution < -0.4 is 5.73 Å². The van der Waals surface area contributed by atoms with Crippen molar-refractivity contribution in [3.63, 3.8) is 0 Å². The molecule has 2 N–H and O–H groups in total. The molecule has 1 atom stereocenters. The lowest BCUT2D eigenvalue weighted by atomic mass is 9.91. The lowest BCUT2D eigenvalue weighted by molar-refractivity contribution is 0.143. The van der Waals surface area contributed by atoms with Crippen molar-refractivity contribution in [2.24, 2.45) is 5.73 Å². The van der Waals surface area contributed by atoms with Gasteiger partial charge < -0.3 is 10.6 Å². The molecule has 1 aromatic carbocycles. The maximum absolute atomic E-state index is 6.31. The van der Waals surface area contributed by atoms with E-state index in [4.69, 9.17) is 5.73 Å². The van der Waals surface area contributed by atoms with Crippen LogP contribution in [0.25, 0.3) is 0 Å². The van der Waals surface area contributed by atoms with Crippen molar-refractivity contribution in [1.29, 1.82) is 0 Å². The highest BCUT2D eigenvalue weighted by atomic mass is 15.2. The van der Waals surface area contributed by atoms with Crippen molar-refractivity contribution < 1.29 is 0 Å². The van der Waals surface area contributed by atoms with Gasteiger partial charge in [-0.15, -0.1) is 0 Å². The first-order chi connectivity index (χ1) is 6.68. The van der Waals surface area contributed by atoms with E-state index in [1.165, 1.54) is 25.1 Å². The van der Waals surface area contributed by atoms with Gasteiger partial charge >= 0.3 is 0 Å². The quantitative estimate of drug-likeness (QED) is 0.784. The second-order valence-corrected chi connectivity index (χ2v) is 4.41. The Bertz CT molecular complexity index is 288. The molecule has 76 valence electrons. The lowest BCUT2D eigenvalue weighted by Gasteiger charge is -2.38. The Morgan fingerprint density at radius 1 is 1.29 bits per heavy atom. The zero-order valence-corrected chi connectivity index (χ0v) is 8.74. The fourth-order valence-corrected chi connectivity index (χ4v) is 1.91. The fourth-order valence-electron chi connectivity index (χ4n) is 1.91. The van der Waals surface area contributed by atoms with Gasteiger partial charge in [0.25, 0.3) is 0 Å². The van der Waals surface area contributed by atoms with Crippen LogP contribution in [0.4, 0.5) is 0 Å². The van der Waals surface area contributed by atoms with E-state index in [0.29, 0.717) is 0 Å². The molecule has 1 aliphatic heterocycles. The van der Waals surface area contributed by atoms with Crippen molar-refractivity contribution in [2.75, 3.05) is 19.6 Å². The van der Waals surface area contributed by atoms with E-state index in [1.54, 1.807) is 0 Å². The van der Waals surface area contributed by atoms with Gasteiger partial charge in [0.05, 0.1) is 5.54 Å². The maximum atomic E-state index is 6.31. The highest BCUT2D eigenvalue weighted by Crippen LogP contribution is 2.21. The van der Waals surface area contributed by atoms with Gasteiger partial charge in [-0.2, -0.15) is 0 Å². The summed E-state index contributed by atoms with van der Waals surface area (Å²) in [6.45, 7) is 5.50. The van der Waals surface area contributed by atoms with Gasteiger partial charge in [-0.05, 0) is 32.0 Å². The summed E-state index contributed by atoms with van der Waals surface area (Å²) in [6, 6.07) is 10.4. The normalized spacial score (nSPS) is 21.3. The van der Waals surface area contributed by atoms with Crippen molar-refractivity contribution in [2.45, 2.75) is 18.9 Å². The Balaban J connectivity index is 2.06. The van der Waals surface area contributed by atoms with Gasteiger partial charge in [-0.3, -0.25) is 0 Å². The molecule has 1 fully saturated rings. The highest BCUT2D eigenvalue weighted by molar-refractivity contribution is 5.23. The summed E-state index contributed by atoms with van der Waals surface area (Å²) in [4.78, 5) is 2.41. The molecule has 1 unspecified atom stereocenters. The van der Waals surface area contributed by atoms with Crippen LogP contribution >= 0.6 is 0 Å². The number of benzene rings is 1. The summed E-state index contributed by atoms with van der Waals surface area (Å²) >= 11 is 0. The first kappa shape index (κ1) is 9.69. The zero-order valence-electron chi connectivity index (χ0n) is 8.74. The van der Waals surface area contributed by atoms with E-state index in [1.807, 2.05) is 6.07 Å². The third-order valence-electron chi connectivity index (χ3n) is 2.93. The average molecular weight is 190 g/mol. The van der Waals surface area contributed by atoms with Gasteiger partial charge in [0.2, 0.25) is 0 Å². The summed E-state index contributed by atoms with van der Waals surface area (Å²) in [5.41, 5.74) is 7.33. The predicted molar refractivity (Wildman–Crippen MR) is 59.0 cm³/mol. The largest absolute Gasteiger partial charge is 0.321 e. The molecule has 2 nitrogen and oxygen atoms in total. The molecule has 1 aromatic rings. The molecule has 2 rings (SSSR count). The van der Waals surface area contributed by atoms with Crippen LogP contribution in [0.15, 0.2) is 30.3 Å². The molecule has 0 radical (unpaired) electrons. The molecular formula is C12H18N2. The van der Waals surface area contributed by atoms with Gasteiger partial charge in [0.1, 0.15) is 0 Å². The summed E-state index contributed by atoms with van der Waals surface area (Å²) in [5, 5.41) is 0. The van der Waals surface area contributed by atoms with Crippen molar-refractivity contribution in [3.8, 4) is 0 Å². The summed E-state index contributed by atoms with van der Waals surface area (Å²) < 4.78 is 0. The molecule has 0 aromatic heterocycles. The minimum atomic E-state index is -0.207. The van der Waals surface area contributed by atoms with E-state index >= 15 is 0 Å². The second kappa shape index (κ2) is 3.71. The number of likely N-dealkylation sites (tertiary alicyclic amines) is 1. The topological polar surface area (TPSA) is 29.3 Å². The first-order valence-electron chi connectivity index (χ1n) is 5.25. The van der Waals surface area contributed by atoms with Crippen LogP contribution in [-0.4, -0.2) is 24.5 Å². The third kappa shape index (κ3) is 1.97. The zero-order chi connectivity index (χ0) is 10.0. The van der Waals surface area contributed by atoms with Crippen LogP contribution in [0, 0.1) is 0 Å². The average Bonchev–Trinajstić information content (AvgIpc) is 2.13. The summed E-state index contributed by atoms with van der Waals surface area (Å²) in [5.74, 6) is 0. The van der Waals surface area contributed by atoms with E-state index in [-0.39, 0.29) is 5.54 Å². The van der Waals surface area contributed by atoms with E-state index in [2.05, 4.69) is 36.1 Å². The van der Waals surface area contributed by atoms with Gasteiger partial charge in [-0.25, -0.2) is 0 Å². The molecular weight excluding hydrogens is 172 g/mol. The smallest absolute Gasteiger partial charge is 0.0509 e. The van der Waals surface area contributed by atoms with Crippen molar-refractivity contribution in [1.82, 2.24) is 4.90 Å². The van der Waals surface area contributed by atoms with Crippen LogP contribution in [0.3, 0.4) is 0 Å². The van der Waals surface area contributed by atoms with E-state index < -0.39 is 0 Å². The molecule has 14 heavy (non-hydrogen) atoms. The van der Waals surface area contributed by atoms with Gasteiger partial charge in [-0.1, -0.05) is 30.3 Å². The Morgan fingerprint density at radius 2 is 1.93 bits per heavy atom. The Kier molecular flexibility index (Phi) is 2.57. The number of hydrogen-bond acceptors (Lipinski definition) is 2. The summed E-state index contributed by atoms with van der Waals surface area (Å²) in [7, 11) is 0. The molecule has 1 aliphatic rings. The number of nitrogens with zero attached hydrogens (tertiary/aromatic N) is 1. The summed E-state index contributed by atoms with van der Waals surface area (Å²) in [6.07, 6.45) is 1.32. The predicted octanol–water partition coefficient (Wildman–Crippen LogP) is 1.57. The Morgan fingerprint density at radius 3 is 2.43 bits per heavy atom. The van der Waals surface area contributed by atoms with Crippen LogP contribution in [0.2, 0.25) is 0 Å². The number of hydrogen-bond donors (Lipinski definition) is 1. The molecule has 0 spiro atoms. The highest BCUT2D eigenvalue weighted by Gasteiger charge is 2.26. The Hall–Kier alpha value is -0.860. The van der Waals surface area contributed by atoms with Crippen LogP contribution in [0.5, 0.6) is 0 Å². The van der Waals surface area contributed by atoms with Crippen LogP contribution in [0.1, 0.15) is 18.9 Å². The molecule has 0 aliphatic carbocycles. The van der Waals surface area contributed by atoms with Gasteiger partial charge in [0.15, 0.2) is 0 Å². The fraction of sp³-hybridized carbons (Fsp3) is 0.500. The first-order valence-corrected chi connectivity index (χ1v) is 5.25. The molecule has 2 heteroatoms. The molecule has 0 bridgehead atoms. The second-order valence-electron chi connectivity index (χ2n) is 4.41. The lowest BCUT2D eigenvalue weighted by Crippen LogP contribution is -2.50. The Labute approximate surface area is 85.7 Å². The minimum Gasteiger partial charge on any atom is -0.321 e. The van der Waals surface area contributed by atoms with Crippen LogP contribution in [-0.2, 0) is 5.54 Å². The third-order valence-corrected chi connectivity index (χ3v) is 2.93. The van der Waals surface area contributed by atoms with Crippen molar-refractivity contribution >= 4 is 0 Å². The monoisotopic (exact) mass is 190 g/mol. The molecule has 1 heterocycles. The molecule has 1 saturated heterocycles. The maximum Gasteiger partial charge on any atom is 0.0509 e. The standard InChI is InChI=1S/C12H18N2/c1-12(13,10-14-8-5-9-14)11-6-3-2-4-7-11/h2-4,6-7H,5,8-10,13H2,1H3. The number of rotatable bonds is 3. The minimum absolute atomic E-state index is 0.207. The SMILES string of the molecule is CC(N)(CN1CCC1)c1ccccc1. The van der Waals surface area contributed by atoms with E-state index in [0.717, 1.165) is 6.54 Å². The molecule has 0 saturated carbocycles. The number of nitrogens with two attached hydrogens (primary N) is 1. The molecule has 0 amide bonds.